The molecule has 2 aromatic carbocycles. The molecule has 2 aliphatic heterocycles. The molecule has 1 unspecified atom stereocenters. The monoisotopic (exact) mass is 896 g/mol. The number of aromatic nitrogens is 4. The van der Waals surface area contributed by atoms with E-state index in [4.69, 9.17) is 34.7 Å². The molecule has 336 valence electrons. The Morgan fingerprint density at radius 2 is 1.17 bits per heavy atom. The van der Waals surface area contributed by atoms with Crippen molar-refractivity contribution in [1.82, 2.24) is 19.1 Å². The Hall–Kier alpha value is -5.96. The number of aromatic amines is 2. The van der Waals surface area contributed by atoms with Crippen molar-refractivity contribution in [2.24, 2.45) is 10.2 Å². The summed E-state index contributed by atoms with van der Waals surface area (Å²) in [6.07, 6.45) is -7.75. The largest absolute Gasteiger partial charge is 1.00 e. The number of nitrogens with one attached hydrogen (secondary N) is 2. The molecule has 0 amide bonds. The first-order valence-electron chi connectivity index (χ1n) is 16.9. The number of aliphatic hydroxyl groups is 5. The van der Waals surface area contributed by atoms with Crippen molar-refractivity contribution in [3.05, 3.63) is 159 Å². The Labute approximate surface area is 378 Å². The van der Waals surface area contributed by atoms with E-state index >= 15 is 0 Å². The normalized spacial score (nSPS) is 23.7. The molecule has 63 heavy (non-hydrogen) atoms. The first kappa shape index (κ1) is 57.0. The summed E-state index contributed by atoms with van der Waals surface area (Å²) >= 11 is 0. The number of hydrogen-bond acceptors (Lipinski definition) is 18. The Morgan fingerprint density at radius 3 is 1.62 bits per heavy atom. The zero-order chi connectivity index (χ0) is 44.6. The number of H-pyrrole nitrogens is 2. The van der Waals surface area contributed by atoms with Crippen LogP contribution in [-0.2, 0) is 18.9 Å². The summed E-state index contributed by atoms with van der Waals surface area (Å²) < 4.78 is 23.3. The van der Waals surface area contributed by atoms with E-state index in [9.17, 15) is 54.7 Å². The van der Waals surface area contributed by atoms with Crippen LogP contribution in [0.5, 0.6) is 0 Å². The average Bonchev–Trinajstić information content (AvgIpc) is 3.67. The van der Waals surface area contributed by atoms with Crippen molar-refractivity contribution in [3.63, 3.8) is 0 Å². The second-order valence-electron chi connectivity index (χ2n) is 11.8. The molecular weight excluding hydrogens is 851 g/mol. The van der Waals surface area contributed by atoms with Crippen molar-refractivity contribution < 1.29 is 88.7 Å². The molecule has 2 fully saturated rings. The van der Waals surface area contributed by atoms with E-state index in [1.54, 1.807) is 36.4 Å². The van der Waals surface area contributed by atoms with Gasteiger partial charge in [0.25, 0.3) is 11.1 Å². The summed E-state index contributed by atoms with van der Waals surface area (Å²) in [5.41, 5.74) is 10.4. The number of nitrogens with zero attached hydrogens (tertiary/aromatic N) is 8. The fraction of sp³-hybridized carbons (Fsp3) is 0.389. The van der Waals surface area contributed by atoms with Gasteiger partial charge in [-0.15, -0.1) is 0 Å². The van der Waals surface area contributed by atoms with E-state index in [0.717, 1.165) is 47.9 Å². The molecule has 0 spiro atoms. The van der Waals surface area contributed by atoms with Gasteiger partial charge < -0.3 is 49.6 Å². The third kappa shape index (κ3) is 13.3. The number of ether oxygens (including phenoxy) is 4. The van der Waals surface area contributed by atoms with Crippen LogP contribution in [0.15, 0.2) is 115 Å². The van der Waals surface area contributed by atoms with Crippen LogP contribution in [0.25, 0.3) is 20.9 Å². The van der Waals surface area contributed by atoms with E-state index in [-0.39, 0.29) is 55.5 Å². The maximum atomic E-state index is 12.8. The van der Waals surface area contributed by atoms with Crippen LogP contribution in [-0.4, -0.2) is 120 Å². The van der Waals surface area contributed by atoms with Gasteiger partial charge in [-0.05, 0) is 35.3 Å². The molecule has 2 aliphatic rings. The standard InChI is InChI=1S/C23H19N5O8.C9H11N5O6.CH4O.CH3O.2CH4.Na/c24-27-26-23(13-34-20(31)14-7-3-1-4-8-14)18(30)17(35-21(32)15-9-5-2-6-10-15)19(36-23)28-12-11-16(29)25-22(28)33;10-13-12-9(3-15)6(18)5(17)7(20-9)14-2-1-4(16)11-8(14)19;2*1-2;;;/h1-12,17-19,30H,13H2,(H,25,29,33);1-2,5-7,15,17-18H,3H2,(H,11,16,19);2H,1H3;1H3;2*1H4;/q;;;-1;;;+1/t17-,18+,19-,23-;5?,6-,7+,9+;;;;;/m10...../s1. The van der Waals surface area contributed by atoms with Gasteiger partial charge in [-0.2, -0.15) is 7.11 Å². The summed E-state index contributed by atoms with van der Waals surface area (Å²) in [6, 6.07) is 17.7. The van der Waals surface area contributed by atoms with Crippen LogP contribution < -0.4 is 57.2 Å². The Morgan fingerprint density at radius 1 is 0.746 bits per heavy atom. The number of carbonyl (C=O) groups excluding carboxylic acids is 2. The number of rotatable bonds is 10. The minimum absolute atomic E-state index is 0. The van der Waals surface area contributed by atoms with Crippen LogP contribution >= 0.6 is 0 Å². The smallest absolute Gasteiger partial charge is 0.857 e. The van der Waals surface area contributed by atoms with Gasteiger partial charge in [0.2, 0.25) is 11.4 Å². The van der Waals surface area contributed by atoms with Crippen LogP contribution in [0.3, 0.4) is 0 Å². The summed E-state index contributed by atoms with van der Waals surface area (Å²) in [6.45, 7) is -1.68. The van der Waals surface area contributed by atoms with Gasteiger partial charge in [-0.3, -0.25) is 28.7 Å². The predicted molar refractivity (Wildman–Crippen MR) is 212 cm³/mol. The van der Waals surface area contributed by atoms with Gasteiger partial charge in [-0.1, -0.05) is 61.5 Å². The molecule has 2 saturated heterocycles. The third-order valence-electron chi connectivity index (χ3n) is 8.36. The minimum Gasteiger partial charge on any atom is -0.857 e. The Bertz CT molecular complexity index is 2410. The molecule has 0 bridgehead atoms. The molecule has 27 heteroatoms. The Balaban J connectivity index is 0.00000122. The summed E-state index contributed by atoms with van der Waals surface area (Å²) in [5.74, 6) is -1.68. The number of aliphatic hydroxyl groups excluding tert-OH is 5. The molecule has 0 radical (unpaired) electrons. The quantitative estimate of drug-likeness (QED) is 0.0264. The molecular formula is C36H45N10NaO16. The van der Waals surface area contributed by atoms with Gasteiger partial charge in [-0.25, -0.2) is 19.2 Å². The van der Waals surface area contributed by atoms with Crippen molar-refractivity contribution >= 4 is 11.9 Å². The second kappa shape index (κ2) is 26.5. The van der Waals surface area contributed by atoms with Crippen molar-refractivity contribution in [2.75, 3.05) is 27.4 Å². The first-order valence-corrected chi connectivity index (χ1v) is 16.9. The molecule has 8 atom stereocenters. The third-order valence-corrected chi connectivity index (χ3v) is 8.36. The zero-order valence-electron chi connectivity index (χ0n) is 32.3. The van der Waals surface area contributed by atoms with Crippen LogP contribution in [0.2, 0.25) is 0 Å². The summed E-state index contributed by atoms with van der Waals surface area (Å²) in [5, 5.41) is 62.0. The van der Waals surface area contributed by atoms with Crippen molar-refractivity contribution in [2.45, 2.75) is 63.2 Å². The number of carbonyl (C=O) groups is 2. The van der Waals surface area contributed by atoms with Gasteiger partial charge >= 0.3 is 52.9 Å². The topological polar surface area (TPSA) is 403 Å². The molecule has 6 rings (SSSR count). The van der Waals surface area contributed by atoms with E-state index < -0.39 is 96.0 Å². The molecule has 0 saturated carbocycles. The van der Waals surface area contributed by atoms with Crippen LogP contribution in [0.1, 0.15) is 48.0 Å². The van der Waals surface area contributed by atoms with Crippen LogP contribution in [0, 0.1) is 0 Å². The molecule has 4 aromatic rings. The molecule has 26 nitrogen and oxygen atoms in total. The number of azide groups is 2. The maximum absolute atomic E-state index is 12.8. The molecule has 4 heterocycles. The average molecular weight is 897 g/mol. The fourth-order valence-electron chi connectivity index (χ4n) is 5.56. The number of hydrogen-bond donors (Lipinski definition) is 7. The van der Waals surface area contributed by atoms with E-state index in [0.29, 0.717) is 0 Å². The molecule has 7 N–H and O–H groups in total. The van der Waals surface area contributed by atoms with Gasteiger partial charge in [0, 0.05) is 41.5 Å². The van der Waals surface area contributed by atoms with Gasteiger partial charge in [0.05, 0.1) is 17.7 Å². The van der Waals surface area contributed by atoms with Gasteiger partial charge in [0.1, 0.15) is 24.9 Å². The van der Waals surface area contributed by atoms with E-state index in [1.165, 1.54) is 24.3 Å². The molecule has 2 aromatic heterocycles. The van der Waals surface area contributed by atoms with E-state index in [2.05, 4.69) is 20.1 Å². The fourth-order valence-corrected chi connectivity index (χ4v) is 5.56. The minimum atomic E-state index is -2.28. The number of benzene rings is 2. The maximum Gasteiger partial charge on any atom is 1.00 e. The van der Waals surface area contributed by atoms with E-state index in [1.807, 2.05) is 9.97 Å². The SMILES string of the molecule is C.C.CO.C[O-].[N-]=[N+]=N[C@]1(CO)O[C@@H](n2ccc(=O)[nH]c2=O)C(O)[C@@H]1O.[N-]=[N+]=N[C@]1(COC(=O)c2ccccc2)O[C@@H](n2ccc(=O)[nH]c2=O)[C@H](OC(=O)c2ccccc2)[C@@H]1O.[Na+]. The zero-order valence-corrected chi connectivity index (χ0v) is 34.3. The van der Waals surface area contributed by atoms with Gasteiger partial charge in [0.15, 0.2) is 18.6 Å². The van der Waals surface area contributed by atoms with Crippen LogP contribution in [0.4, 0.5) is 0 Å². The first-order chi connectivity index (χ1) is 28.8. The number of esters is 2. The molecule has 0 aliphatic carbocycles. The van der Waals surface area contributed by atoms with Crippen molar-refractivity contribution in [3.8, 4) is 0 Å². The second-order valence-corrected chi connectivity index (χ2v) is 11.8. The summed E-state index contributed by atoms with van der Waals surface area (Å²) in [4.78, 5) is 80.9. The summed E-state index contributed by atoms with van der Waals surface area (Å²) in [7, 11) is 1.75. The predicted octanol–water partition coefficient (Wildman–Crippen LogP) is -3.84. The van der Waals surface area contributed by atoms with Crippen molar-refractivity contribution in [1.29, 1.82) is 0 Å². The Kier molecular flexibility index (Phi) is 24.0.